The van der Waals surface area contributed by atoms with Gasteiger partial charge in [-0.2, -0.15) is 0 Å². The molecule has 2 heterocycles. The molecule has 0 aliphatic carbocycles. The smallest absolute Gasteiger partial charge is 0.171 e. The van der Waals surface area contributed by atoms with Crippen molar-refractivity contribution in [3.05, 3.63) is 52.7 Å². The molecule has 0 aromatic carbocycles. The summed E-state index contributed by atoms with van der Waals surface area (Å²) in [7, 11) is 0. The lowest BCUT2D eigenvalue weighted by Crippen LogP contribution is -1.95. The Hall–Kier alpha value is -2.05. The van der Waals surface area contributed by atoms with Gasteiger partial charge < -0.3 is 10.8 Å². The number of fused-ring (bicyclic) bond motifs is 1. The van der Waals surface area contributed by atoms with Crippen molar-refractivity contribution in [1.82, 2.24) is 14.6 Å². The highest BCUT2D eigenvalue weighted by Crippen LogP contribution is 2.35. The summed E-state index contributed by atoms with van der Waals surface area (Å²) in [6, 6.07) is 1.73. The zero-order chi connectivity index (χ0) is 16.8. The van der Waals surface area contributed by atoms with Gasteiger partial charge in [0.05, 0.1) is 12.3 Å². The molecule has 0 saturated carbocycles. The lowest BCUT2D eigenvalue weighted by Gasteiger charge is -2.02. The van der Waals surface area contributed by atoms with Crippen LogP contribution in [0.3, 0.4) is 0 Å². The molecular weight excluding hydrogens is 308 g/mol. The molecule has 23 heavy (non-hydrogen) atoms. The lowest BCUT2D eigenvalue weighted by molar-refractivity contribution is 0.277. The molecule has 5 nitrogen and oxygen atoms in total. The fourth-order valence-electron chi connectivity index (χ4n) is 1.87. The zero-order valence-electron chi connectivity index (χ0n) is 13.7. The van der Waals surface area contributed by atoms with Crippen molar-refractivity contribution in [2.75, 3.05) is 5.73 Å². The van der Waals surface area contributed by atoms with E-state index in [4.69, 9.17) is 5.73 Å². The van der Waals surface area contributed by atoms with Gasteiger partial charge in [0.2, 0.25) is 0 Å². The van der Waals surface area contributed by atoms with Crippen LogP contribution in [0.1, 0.15) is 32.9 Å². The van der Waals surface area contributed by atoms with Gasteiger partial charge >= 0.3 is 0 Å². The number of hydrogen-bond acceptors (Lipinski definition) is 5. The third-order valence-corrected chi connectivity index (χ3v) is 4.11. The first kappa shape index (κ1) is 17.3. The van der Waals surface area contributed by atoms with Crippen LogP contribution in [0.25, 0.3) is 5.65 Å². The van der Waals surface area contributed by atoms with E-state index < -0.39 is 0 Å². The number of nitrogen functional groups attached to an aromatic ring is 1. The van der Waals surface area contributed by atoms with Gasteiger partial charge in [0.15, 0.2) is 11.5 Å². The Morgan fingerprint density at radius 3 is 2.83 bits per heavy atom. The normalized spacial score (nSPS) is 12.3. The molecule has 2 aromatic rings. The van der Waals surface area contributed by atoms with Gasteiger partial charge in [-0.25, -0.2) is 9.50 Å². The molecular formula is C17H22N4OS. The first-order chi connectivity index (χ1) is 11.0. The number of allylic oxidation sites excluding steroid dienone is 5. The largest absolute Gasteiger partial charge is 0.390 e. The summed E-state index contributed by atoms with van der Waals surface area (Å²) >= 11 is 1.53. The quantitative estimate of drug-likeness (QED) is 0.623. The summed E-state index contributed by atoms with van der Waals surface area (Å²) in [4.78, 5) is 6.29. The van der Waals surface area contributed by atoms with E-state index in [2.05, 4.69) is 55.2 Å². The predicted octanol–water partition coefficient (Wildman–Crippen LogP) is 3.71. The molecule has 3 N–H and O–H groups in total. The number of aliphatic hydroxyl groups is 1. The Morgan fingerprint density at radius 1 is 1.39 bits per heavy atom. The second kappa shape index (κ2) is 7.99. The zero-order valence-corrected chi connectivity index (χ0v) is 14.5. The molecule has 0 spiro atoms. The van der Waals surface area contributed by atoms with E-state index in [0.717, 1.165) is 16.2 Å². The molecule has 2 rings (SSSR count). The molecule has 0 fully saturated rings. The van der Waals surface area contributed by atoms with Crippen LogP contribution >= 0.6 is 11.8 Å². The van der Waals surface area contributed by atoms with Gasteiger partial charge in [-0.1, -0.05) is 42.5 Å². The molecule has 0 atom stereocenters. The lowest BCUT2D eigenvalue weighted by atomic mass is 10.3. The van der Waals surface area contributed by atoms with Gasteiger partial charge in [0.1, 0.15) is 4.90 Å². The van der Waals surface area contributed by atoms with E-state index in [1.807, 2.05) is 0 Å². The maximum atomic E-state index is 9.28. The van der Waals surface area contributed by atoms with Crippen LogP contribution < -0.4 is 5.73 Å². The third kappa shape index (κ3) is 4.46. The summed E-state index contributed by atoms with van der Waals surface area (Å²) in [6.07, 6.45) is 11.0. The molecule has 0 unspecified atom stereocenters. The highest BCUT2D eigenvalue weighted by Gasteiger charge is 2.14. The SMILES string of the molecule is CC/C=C\C(=C/C=C(C)C)Sc1c(N)nn2ccc(CO)nc12. The molecule has 0 amide bonds. The topological polar surface area (TPSA) is 76.4 Å². The average molecular weight is 330 g/mol. The van der Waals surface area contributed by atoms with Crippen LogP contribution in [0.4, 0.5) is 5.82 Å². The van der Waals surface area contributed by atoms with E-state index in [-0.39, 0.29) is 6.61 Å². The average Bonchev–Trinajstić information content (AvgIpc) is 2.84. The highest BCUT2D eigenvalue weighted by molar-refractivity contribution is 8.03. The molecule has 122 valence electrons. The van der Waals surface area contributed by atoms with E-state index in [0.29, 0.717) is 17.2 Å². The van der Waals surface area contributed by atoms with Crippen LogP contribution in [-0.2, 0) is 6.61 Å². The number of aliphatic hydroxyl groups excluding tert-OH is 1. The summed E-state index contributed by atoms with van der Waals surface area (Å²) in [5.41, 5.74) is 8.53. The number of thioether (sulfide) groups is 1. The minimum atomic E-state index is -0.109. The Bertz CT molecular complexity index is 770. The van der Waals surface area contributed by atoms with E-state index in [9.17, 15) is 5.11 Å². The summed E-state index contributed by atoms with van der Waals surface area (Å²) in [5.74, 6) is 0.436. The molecule has 6 heteroatoms. The number of aromatic nitrogens is 3. The number of anilines is 1. The summed E-state index contributed by atoms with van der Waals surface area (Å²) in [5, 5.41) is 13.6. The van der Waals surface area contributed by atoms with Crippen LogP contribution in [0, 0.1) is 0 Å². The first-order valence-corrected chi connectivity index (χ1v) is 8.31. The predicted molar refractivity (Wildman–Crippen MR) is 96.1 cm³/mol. The van der Waals surface area contributed by atoms with Crippen molar-refractivity contribution in [2.24, 2.45) is 0 Å². The molecule has 0 aliphatic heterocycles. The van der Waals surface area contributed by atoms with Gasteiger partial charge in [-0.15, -0.1) is 5.10 Å². The van der Waals surface area contributed by atoms with Crippen LogP contribution in [0.15, 0.2) is 51.9 Å². The Balaban J connectivity index is 2.44. The molecule has 0 saturated heterocycles. The second-order valence-electron chi connectivity index (χ2n) is 5.29. The molecule has 0 aliphatic rings. The van der Waals surface area contributed by atoms with Crippen LogP contribution in [0.5, 0.6) is 0 Å². The van der Waals surface area contributed by atoms with Crippen molar-refractivity contribution >= 4 is 23.2 Å². The number of hydrogen-bond donors (Lipinski definition) is 2. The standard InChI is InChI=1S/C17H22N4OS/c1-4-5-6-14(8-7-12(2)3)23-15-16(18)20-21-10-9-13(11-22)19-17(15)21/h5-10,22H,4,11H2,1-3H3,(H2,18,20)/b6-5-,14-8+. The van der Waals surface area contributed by atoms with Crippen molar-refractivity contribution in [3.63, 3.8) is 0 Å². The Labute approximate surface area is 140 Å². The number of nitrogens with two attached hydrogens (primary N) is 1. The minimum absolute atomic E-state index is 0.109. The van der Waals surface area contributed by atoms with E-state index in [1.165, 1.54) is 17.3 Å². The maximum absolute atomic E-state index is 9.28. The van der Waals surface area contributed by atoms with Crippen molar-refractivity contribution in [3.8, 4) is 0 Å². The summed E-state index contributed by atoms with van der Waals surface area (Å²) < 4.78 is 1.64. The van der Waals surface area contributed by atoms with E-state index >= 15 is 0 Å². The van der Waals surface area contributed by atoms with Gasteiger partial charge in [-0.3, -0.25) is 0 Å². The summed E-state index contributed by atoms with van der Waals surface area (Å²) in [6.45, 7) is 6.10. The third-order valence-electron chi connectivity index (χ3n) is 3.01. The Morgan fingerprint density at radius 2 is 2.17 bits per heavy atom. The molecule has 2 aromatic heterocycles. The second-order valence-corrected chi connectivity index (χ2v) is 6.37. The monoisotopic (exact) mass is 330 g/mol. The van der Waals surface area contributed by atoms with Crippen LogP contribution in [0.2, 0.25) is 0 Å². The van der Waals surface area contributed by atoms with Crippen molar-refractivity contribution in [1.29, 1.82) is 0 Å². The van der Waals surface area contributed by atoms with E-state index in [1.54, 1.807) is 16.8 Å². The van der Waals surface area contributed by atoms with Gasteiger partial charge in [0.25, 0.3) is 0 Å². The molecule has 0 radical (unpaired) electrons. The minimum Gasteiger partial charge on any atom is -0.390 e. The van der Waals surface area contributed by atoms with Crippen LogP contribution in [-0.4, -0.2) is 19.7 Å². The number of rotatable bonds is 6. The number of nitrogens with zero attached hydrogens (tertiary/aromatic N) is 3. The Kier molecular flexibility index (Phi) is 6.01. The van der Waals surface area contributed by atoms with Gasteiger partial charge in [-0.05, 0) is 32.4 Å². The first-order valence-electron chi connectivity index (χ1n) is 7.49. The molecule has 0 bridgehead atoms. The highest BCUT2D eigenvalue weighted by atomic mass is 32.2. The van der Waals surface area contributed by atoms with Gasteiger partial charge in [0, 0.05) is 11.1 Å². The fourth-order valence-corrected chi connectivity index (χ4v) is 2.79. The van der Waals surface area contributed by atoms with Crippen molar-refractivity contribution < 1.29 is 5.11 Å². The van der Waals surface area contributed by atoms with Crippen molar-refractivity contribution in [2.45, 2.75) is 38.7 Å². The fraction of sp³-hybridized carbons (Fsp3) is 0.294. The maximum Gasteiger partial charge on any atom is 0.171 e.